The van der Waals surface area contributed by atoms with E-state index in [1.807, 2.05) is 6.20 Å². The summed E-state index contributed by atoms with van der Waals surface area (Å²) < 4.78 is 2.28. The molecule has 3 rings (SSSR count). The second kappa shape index (κ2) is 6.32. The molecular formula is C16H23ClN4. The Balaban J connectivity index is 1.89. The van der Waals surface area contributed by atoms with Gasteiger partial charge in [0.15, 0.2) is 5.65 Å². The number of imidazole rings is 1. The van der Waals surface area contributed by atoms with E-state index >= 15 is 0 Å². The van der Waals surface area contributed by atoms with Crippen molar-refractivity contribution in [1.82, 2.24) is 19.4 Å². The zero-order valence-corrected chi connectivity index (χ0v) is 13.6. The molecule has 1 saturated heterocycles. The molecule has 0 radical (unpaired) electrons. The maximum absolute atomic E-state index is 6.12. The van der Waals surface area contributed by atoms with Crippen LogP contribution in [0.2, 0.25) is 0 Å². The molecule has 2 aromatic rings. The van der Waals surface area contributed by atoms with Crippen LogP contribution >= 0.6 is 11.6 Å². The third-order valence-corrected chi connectivity index (χ3v) is 4.56. The summed E-state index contributed by atoms with van der Waals surface area (Å²) in [6.45, 7) is 7.82. The van der Waals surface area contributed by atoms with Crippen molar-refractivity contribution in [3.8, 4) is 0 Å². The molecule has 114 valence electrons. The van der Waals surface area contributed by atoms with E-state index in [9.17, 15) is 0 Å². The van der Waals surface area contributed by atoms with Crippen LogP contribution in [0, 0.1) is 6.92 Å². The fourth-order valence-corrected chi connectivity index (χ4v) is 3.51. The maximum atomic E-state index is 6.12. The summed E-state index contributed by atoms with van der Waals surface area (Å²) in [6, 6.07) is 2.58. The molecule has 21 heavy (non-hydrogen) atoms. The van der Waals surface area contributed by atoms with Gasteiger partial charge in [-0.3, -0.25) is 0 Å². The first-order valence-electron chi connectivity index (χ1n) is 7.84. The molecule has 3 heterocycles. The lowest BCUT2D eigenvalue weighted by Crippen LogP contribution is -2.35. The van der Waals surface area contributed by atoms with Gasteiger partial charge in [0.2, 0.25) is 0 Å². The largest absolute Gasteiger partial charge is 0.308 e. The second-order valence-electron chi connectivity index (χ2n) is 5.96. The van der Waals surface area contributed by atoms with E-state index in [0.717, 1.165) is 48.5 Å². The zero-order valence-electron chi connectivity index (χ0n) is 12.8. The highest BCUT2D eigenvalue weighted by Crippen LogP contribution is 2.28. The van der Waals surface area contributed by atoms with Crippen molar-refractivity contribution in [2.45, 2.75) is 45.0 Å². The molecular weight excluding hydrogens is 284 g/mol. The van der Waals surface area contributed by atoms with Crippen molar-refractivity contribution < 1.29 is 0 Å². The van der Waals surface area contributed by atoms with Crippen LogP contribution in [-0.4, -0.2) is 39.1 Å². The minimum Gasteiger partial charge on any atom is -0.308 e. The van der Waals surface area contributed by atoms with Gasteiger partial charge < -0.3 is 9.47 Å². The number of halogens is 1. The van der Waals surface area contributed by atoms with Crippen molar-refractivity contribution in [3.05, 3.63) is 23.7 Å². The minimum absolute atomic E-state index is 0.449. The van der Waals surface area contributed by atoms with E-state index in [2.05, 4.69) is 39.3 Å². The molecule has 4 nitrogen and oxygen atoms in total. The molecule has 1 aliphatic heterocycles. The smallest absolute Gasteiger partial charge is 0.160 e. The highest BCUT2D eigenvalue weighted by atomic mass is 35.5. The van der Waals surface area contributed by atoms with Gasteiger partial charge in [-0.2, -0.15) is 0 Å². The molecule has 0 unspecified atom stereocenters. The van der Waals surface area contributed by atoms with Crippen molar-refractivity contribution in [3.63, 3.8) is 0 Å². The number of nitrogens with zero attached hydrogens (tertiary/aromatic N) is 4. The third-order valence-electron chi connectivity index (χ3n) is 4.32. The highest BCUT2D eigenvalue weighted by molar-refractivity contribution is 6.16. The van der Waals surface area contributed by atoms with Crippen molar-refractivity contribution >= 4 is 22.8 Å². The Bertz CT molecular complexity index is 614. The number of hydrogen-bond donors (Lipinski definition) is 0. The predicted octanol–water partition coefficient (Wildman–Crippen LogP) is 3.53. The number of aryl methyl sites for hydroxylation is 1. The lowest BCUT2D eigenvalue weighted by atomic mass is 10.0. The van der Waals surface area contributed by atoms with Gasteiger partial charge in [-0.05, 0) is 44.4 Å². The zero-order chi connectivity index (χ0) is 14.8. The van der Waals surface area contributed by atoms with Gasteiger partial charge in [-0.15, -0.1) is 11.6 Å². The van der Waals surface area contributed by atoms with E-state index < -0.39 is 0 Å². The average Bonchev–Trinajstić information content (AvgIpc) is 2.86. The summed E-state index contributed by atoms with van der Waals surface area (Å²) in [5, 5.41) is 0. The molecule has 1 fully saturated rings. The Kier molecular flexibility index (Phi) is 4.45. The first-order valence-corrected chi connectivity index (χ1v) is 8.38. The number of piperidine rings is 1. The van der Waals surface area contributed by atoms with Gasteiger partial charge in [0, 0.05) is 25.3 Å². The fourth-order valence-electron chi connectivity index (χ4n) is 3.32. The molecule has 1 aliphatic rings. The van der Waals surface area contributed by atoms with Gasteiger partial charge in [0.05, 0.1) is 5.88 Å². The number of rotatable bonds is 4. The van der Waals surface area contributed by atoms with E-state index in [0.29, 0.717) is 11.9 Å². The summed E-state index contributed by atoms with van der Waals surface area (Å²) >= 11 is 6.12. The second-order valence-corrected chi connectivity index (χ2v) is 6.23. The van der Waals surface area contributed by atoms with Crippen LogP contribution in [0.15, 0.2) is 12.3 Å². The molecule has 2 aromatic heterocycles. The lowest BCUT2D eigenvalue weighted by Gasteiger charge is -2.33. The van der Waals surface area contributed by atoms with Crippen molar-refractivity contribution in [2.24, 2.45) is 0 Å². The molecule has 0 saturated carbocycles. The fraction of sp³-hybridized carbons (Fsp3) is 0.625. The molecule has 0 aromatic carbocycles. The number of hydrogen-bond acceptors (Lipinski definition) is 3. The third kappa shape index (κ3) is 2.92. The standard InChI is InChI=1S/C16H23ClN4/c1-3-6-20-7-4-13(5-8-20)21-15(10-17)19-14-9-12(2)11-18-16(14)21/h9,11,13H,3-8,10H2,1-2H3. The Morgan fingerprint density at radius 1 is 1.33 bits per heavy atom. The van der Waals surface area contributed by atoms with Crippen LogP contribution in [0.3, 0.4) is 0 Å². The molecule has 5 heteroatoms. The lowest BCUT2D eigenvalue weighted by molar-refractivity contribution is 0.187. The monoisotopic (exact) mass is 306 g/mol. The van der Waals surface area contributed by atoms with Crippen LogP contribution in [0.1, 0.15) is 43.6 Å². The minimum atomic E-state index is 0.449. The Hall–Kier alpha value is -1.13. The summed E-state index contributed by atoms with van der Waals surface area (Å²) in [7, 11) is 0. The first-order chi connectivity index (χ1) is 10.2. The molecule has 0 bridgehead atoms. The maximum Gasteiger partial charge on any atom is 0.160 e. The Morgan fingerprint density at radius 2 is 2.10 bits per heavy atom. The summed E-state index contributed by atoms with van der Waals surface area (Å²) in [5.74, 6) is 1.41. The number of pyridine rings is 1. The van der Waals surface area contributed by atoms with E-state index in [1.54, 1.807) is 0 Å². The van der Waals surface area contributed by atoms with Gasteiger partial charge in [0.25, 0.3) is 0 Å². The SMILES string of the molecule is CCCN1CCC(n2c(CCl)nc3cc(C)cnc32)CC1. The van der Waals surface area contributed by atoms with E-state index in [4.69, 9.17) is 11.6 Å². The number of fused-ring (bicyclic) bond motifs is 1. The molecule has 0 spiro atoms. The predicted molar refractivity (Wildman–Crippen MR) is 86.8 cm³/mol. The topological polar surface area (TPSA) is 34.0 Å². The van der Waals surface area contributed by atoms with E-state index in [-0.39, 0.29) is 0 Å². The molecule has 0 N–H and O–H groups in total. The van der Waals surface area contributed by atoms with Gasteiger partial charge >= 0.3 is 0 Å². The van der Waals surface area contributed by atoms with E-state index in [1.165, 1.54) is 13.0 Å². The number of alkyl halides is 1. The van der Waals surface area contributed by atoms with Crippen LogP contribution in [-0.2, 0) is 5.88 Å². The average molecular weight is 307 g/mol. The normalized spacial score (nSPS) is 17.7. The Morgan fingerprint density at radius 3 is 2.76 bits per heavy atom. The molecule has 0 amide bonds. The van der Waals surface area contributed by atoms with Crippen LogP contribution in [0.25, 0.3) is 11.2 Å². The highest BCUT2D eigenvalue weighted by Gasteiger charge is 2.24. The molecule has 0 aliphatic carbocycles. The summed E-state index contributed by atoms with van der Waals surface area (Å²) in [5.41, 5.74) is 3.11. The number of aromatic nitrogens is 3. The quantitative estimate of drug-likeness (QED) is 0.810. The van der Waals surface area contributed by atoms with Crippen molar-refractivity contribution in [1.29, 1.82) is 0 Å². The summed E-state index contributed by atoms with van der Waals surface area (Å²) in [6.07, 6.45) is 5.47. The van der Waals surface area contributed by atoms with Crippen LogP contribution < -0.4 is 0 Å². The summed E-state index contributed by atoms with van der Waals surface area (Å²) in [4.78, 5) is 11.8. The van der Waals surface area contributed by atoms with Gasteiger partial charge in [-0.25, -0.2) is 9.97 Å². The van der Waals surface area contributed by atoms with Crippen LogP contribution in [0.5, 0.6) is 0 Å². The van der Waals surface area contributed by atoms with Crippen molar-refractivity contribution in [2.75, 3.05) is 19.6 Å². The first kappa shape index (κ1) is 14.8. The molecule has 0 atom stereocenters. The number of likely N-dealkylation sites (tertiary alicyclic amines) is 1. The van der Waals surface area contributed by atoms with Crippen LogP contribution in [0.4, 0.5) is 0 Å². The Labute approximate surface area is 131 Å². The van der Waals surface area contributed by atoms with Gasteiger partial charge in [-0.1, -0.05) is 6.92 Å². The van der Waals surface area contributed by atoms with Gasteiger partial charge in [0.1, 0.15) is 11.3 Å².